The second-order valence-corrected chi connectivity index (χ2v) is 2.96. The van der Waals surface area contributed by atoms with Crippen LogP contribution < -0.4 is 0 Å². The Hall–Kier alpha value is -0.990. The van der Waals surface area contributed by atoms with Gasteiger partial charge < -0.3 is 10.2 Å². The van der Waals surface area contributed by atoms with Gasteiger partial charge in [0.1, 0.15) is 13.2 Å². The summed E-state index contributed by atoms with van der Waals surface area (Å²) in [5.41, 5.74) is 5.42. The van der Waals surface area contributed by atoms with Crippen LogP contribution in [0, 0.1) is 0 Å². The summed E-state index contributed by atoms with van der Waals surface area (Å²) >= 11 is 0. The first-order valence-electron chi connectivity index (χ1n) is 3.99. The van der Waals surface area contributed by atoms with Crippen molar-refractivity contribution in [2.75, 3.05) is 7.05 Å². The summed E-state index contributed by atoms with van der Waals surface area (Å²) in [7, 11) is 1.88. The van der Waals surface area contributed by atoms with Crippen LogP contribution >= 0.6 is 0 Å². The Bertz CT molecular complexity index is 220. The molecule has 11 heavy (non-hydrogen) atoms. The van der Waals surface area contributed by atoms with E-state index in [2.05, 4.69) is 11.5 Å². The largest absolute Gasteiger partial charge is 0.444 e. The van der Waals surface area contributed by atoms with Crippen LogP contribution in [-0.2, 0) is 4.74 Å². The molecule has 0 saturated carbocycles. The van der Waals surface area contributed by atoms with Crippen molar-refractivity contribution in [1.82, 2.24) is 0 Å². The van der Waals surface area contributed by atoms with Gasteiger partial charge in [0.2, 0.25) is 0 Å². The smallest absolute Gasteiger partial charge is 0.319 e. The van der Waals surface area contributed by atoms with Gasteiger partial charge in [-0.15, -0.1) is 0 Å². The van der Waals surface area contributed by atoms with E-state index in [4.69, 9.17) is 4.74 Å². The molecule has 1 unspecified atom stereocenters. The number of allylic oxidation sites excluding steroid dienone is 1. The molecule has 2 rings (SSSR count). The van der Waals surface area contributed by atoms with E-state index in [1.165, 1.54) is 6.42 Å². The molecule has 3 heteroatoms. The maximum absolute atomic E-state index is 5.43. The minimum Gasteiger partial charge on any atom is -0.444 e. The average molecular weight is 152 g/mol. The third-order valence-corrected chi connectivity index (χ3v) is 2.00. The minimum absolute atomic E-state index is 0.236. The Morgan fingerprint density at radius 1 is 1.73 bits per heavy atom. The topological polar surface area (TPSA) is 26.3 Å². The summed E-state index contributed by atoms with van der Waals surface area (Å²) in [4.78, 5) is 0. The van der Waals surface area contributed by atoms with Crippen molar-refractivity contribution < 1.29 is 9.42 Å². The zero-order valence-electron chi connectivity index (χ0n) is 6.66. The van der Waals surface area contributed by atoms with Gasteiger partial charge in [0.15, 0.2) is 0 Å². The lowest BCUT2D eigenvalue weighted by Gasteiger charge is -2.33. The standard InChI is InChI=1S/C8H12N2O/c1-10-6-11-8-5-3-2-4-7(8)9-10/h4,6,8H,2-3,5H2,1H3. The van der Waals surface area contributed by atoms with Crippen molar-refractivity contribution in [2.24, 2.45) is 0 Å². The van der Waals surface area contributed by atoms with E-state index >= 15 is 0 Å². The van der Waals surface area contributed by atoms with Crippen molar-refractivity contribution in [3.05, 3.63) is 17.2 Å². The second-order valence-electron chi connectivity index (χ2n) is 2.96. The Morgan fingerprint density at radius 3 is 3.55 bits per heavy atom. The predicted octanol–water partition coefficient (Wildman–Crippen LogP) is 1.41. The van der Waals surface area contributed by atoms with Gasteiger partial charge in [-0.25, -0.2) is 4.68 Å². The molecule has 1 atom stereocenters. The Labute approximate surface area is 66.3 Å². The van der Waals surface area contributed by atoms with Crippen molar-refractivity contribution in [2.45, 2.75) is 25.4 Å². The molecule has 0 fully saturated rings. The molecule has 60 valence electrons. The van der Waals surface area contributed by atoms with E-state index in [9.17, 15) is 0 Å². The van der Waals surface area contributed by atoms with Crippen molar-refractivity contribution in [1.29, 1.82) is 0 Å². The molecule has 0 spiro atoms. The maximum atomic E-state index is 5.43. The summed E-state index contributed by atoms with van der Waals surface area (Å²) in [5, 5.41) is 0. The number of nitrogens with zero attached hydrogens (tertiary/aromatic N) is 2. The van der Waals surface area contributed by atoms with Crippen molar-refractivity contribution in [3.63, 3.8) is 0 Å². The summed E-state index contributed by atoms with van der Waals surface area (Å²) < 4.78 is 7.15. The number of hydrogen-bond donors (Lipinski definition) is 0. The fourth-order valence-corrected chi connectivity index (χ4v) is 1.44. The van der Waals surface area contributed by atoms with Gasteiger partial charge in [0.05, 0.1) is 0 Å². The number of rotatable bonds is 0. The van der Waals surface area contributed by atoms with Gasteiger partial charge in [-0.2, -0.15) is 0 Å². The molecular formula is C8H12N2O. The zero-order chi connectivity index (χ0) is 7.68. The second kappa shape index (κ2) is 2.57. The number of ether oxygens (including phenoxy) is 1. The van der Waals surface area contributed by atoms with Crippen molar-refractivity contribution in [3.8, 4) is 0 Å². The summed E-state index contributed by atoms with van der Waals surface area (Å²) in [5.74, 6) is 0. The molecule has 1 aliphatic carbocycles. The van der Waals surface area contributed by atoms with E-state index in [1.807, 2.05) is 7.05 Å². The Kier molecular flexibility index (Phi) is 1.56. The van der Waals surface area contributed by atoms with E-state index in [0.717, 1.165) is 18.5 Å². The van der Waals surface area contributed by atoms with Gasteiger partial charge in [-0.05, 0) is 19.3 Å². The van der Waals surface area contributed by atoms with Gasteiger partial charge in [0.25, 0.3) is 0 Å². The van der Waals surface area contributed by atoms with Gasteiger partial charge in [-0.1, -0.05) is 11.8 Å². The number of hydrogen-bond acceptors (Lipinski definition) is 1. The van der Waals surface area contributed by atoms with Crippen LogP contribution in [-0.4, -0.2) is 24.2 Å². The monoisotopic (exact) mass is 152 g/mol. The summed E-state index contributed by atoms with van der Waals surface area (Å²) in [6, 6.07) is 0. The fourth-order valence-electron chi connectivity index (χ4n) is 1.44. The van der Waals surface area contributed by atoms with Gasteiger partial charge in [0, 0.05) is 0 Å². The normalized spacial score (nSPS) is 29.0. The third kappa shape index (κ3) is 1.23. The third-order valence-electron chi connectivity index (χ3n) is 2.00. The summed E-state index contributed by atoms with van der Waals surface area (Å²) in [6.07, 6.45) is 7.55. The molecule has 0 aromatic rings. The molecule has 2 aliphatic rings. The molecule has 0 saturated heterocycles. The van der Waals surface area contributed by atoms with Crippen molar-refractivity contribution >= 4 is 6.40 Å². The first kappa shape index (κ1) is 6.70. The Morgan fingerprint density at radius 2 is 2.64 bits per heavy atom. The first-order chi connectivity index (χ1) is 5.36. The van der Waals surface area contributed by atoms with Crippen LogP contribution in [0.5, 0.6) is 0 Å². The average Bonchev–Trinajstić information content (AvgIpc) is 2.04. The van der Waals surface area contributed by atoms with E-state index < -0.39 is 0 Å². The van der Waals surface area contributed by atoms with Gasteiger partial charge in [-0.3, -0.25) is 0 Å². The van der Waals surface area contributed by atoms with Gasteiger partial charge >= 0.3 is 6.40 Å². The van der Waals surface area contributed by atoms with Crippen LogP contribution in [0.4, 0.5) is 0 Å². The molecule has 0 N–H and O–H groups in total. The number of fused-ring (bicyclic) bond motifs is 1. The predicted molar refractivity (Wildman–Crippen MR) is 42.4 cm³/mol. The highest BCUT2D eigenvalue weighted by molar-refractivity contribution is 5.44. The molecule has 0 aromatic heterocycles. The lowest BCUT2D eigenvalue weighted by Crippen LogP contribution is -2.26. The van der Waals surface area contributed by atoms with E-state index in [-0.39, 0.29) is 6.10 Å². The summed E-state index contributed by atoms with van der Waals surface area (Å²) in [6.45, 7) is 0. The van der Waals surface area contributed by atoms with Crippen LogP contribution in [0.25, 0.3) is 5.43 Å². The Balaban J connectivity index is 2.18. The molecule has 1 heterocycles. The molecule has 0 bridgehead atoms. The molecule has 3 nitrogen and oxygen atoms in total. The van der Waals surface area contributed by atoms with E-state index in [1.54, 1.807) is 11.1 Å². The lowest BCUT2D eigenvalue weighted by atomic mass is 10.0. The molecular weight excluding hydrogens is 140 g/mol. The maximum Gasteiger partial charge on any atom is 0.319 e. The van der Waals surface area contributed by atoms with E-state index in [0.29, 0.717) is 0 Å². The van der Waals surface area contributed by atoms with Crippen LogP contribution in [0.3, 0.4) is 0 Å². The molecule has 0 radical (unpaired) electrons. The SMILES string of the molecule is C[N+]1=COC2CCCC=C2[N-]1. The highest BCUT2D eigenvalue weighted by atomic mass is 16.5. The van der Waals surface area contributed by atoms with Crippen LogP contribution in [0.2, 0.25) is 0 Å². The zero-order valence-corrected chi connectivity index (χ0v) is 6.66. The highest BCUT2D eigenvalue weighted by Gasteiger charge is 2.17. The molecule has 1 aliphatic heterocycles. The molecule has 0 aromatic carbocycles. The lowest BCUT2D eigenvalue weighted by molar-refractivity contribution is -0.453. The minimum atomic E-state index is 0.236. The fraction of sp³-hybridized carbons (Fsp3) is 0.625. The van der Waals surface area contributed by atoms with Crippen LogP contribution in [0.15, 0.2) is 11.8 Å². The quantitative estimate of drug-likeness (QED) is 0.482. The molecule has 0 amide bonds. The first-order valence-corrected chi connectivity index (χ1v) is 3.99. The van der Waals surface area contributed by atoms with Crippen LogP contribution in [0.1, 0.15) is 19.3 Å². The highest BCUT2D eigenvalue weighted by Crippen LogP contribution is 2.26.